The number of nitrogens with zero attached hydrogens (tertiary/aromatic N) is 3. The highest BCUT2D eigenvalue weighted by Crippen LogP contribution is 2.23. The van der Waals surface area contributed by atoms with E-state index in [1.165, 1.54) is 0 Å². The van der Waals surface area contributed by atoms with Gasteiger partial charge in [0, 0.05) is 49.7 Å². The van der Waals surface area contributed by atoms with E-state index in [1.54, 1.807) is 35.4 Å². The van der Waals surface area contributed by atoms with E-state index in [0.717, 1.165) is 22.3 Å². The Labute approximate surface area is 162 Å². The van der Waals surface area contributed by atoms with Gasteiger partial charge in [-0.15, -0.1) is 0 Å². The van der Waals surface area contributed by atoms with Crippen LogP contribution >= 0.6 is 23.2 Å². The third-order valence-electron chi connectivity index (χ3n) is 3.95. The third kappa shape index (κ3) is 4.84. The van der Waals surface area contributed by atoms with Crippen molar-refractivity contribution in [2.45, 2.75) is 19.4 Å². The Balaban J connectivity index is 1.53. The van der Waals surface area contributed by atoms with Crippen LogP contribution in [0.4, 0.5) is 0 Å². The lowest BCUT2D eigenvalue weighted by Crippen LogP contribution is -2.23. The smallest absolute Gasteiger partial charge is 0.220 e. The van der Waals surface area contributed by atoms with Gasteiger partial charge < -0.3 is 5.32 Å². The minimum Gasteiger partial charge on any atom is -0.352 e. The molecule has 0 aliphatic heterocycles. The zero-order valence-electron chi connectivity index (χ0n) is 14.2. The van der Waals surface area contributed by atoms with E-state index in [1.807, 2.05) is 25.4 Å². The molecule has 0 atom stereocenters. The van der Waals surface area contributed by atoms with Gasteiger partial charge in [0.2, 0.25) is 5.91 Å². The minimum atomic E-state index is -0.0251. The van der Waals surface area contributed by atoms with Gasteiger partial charge in [0.15, 0.2) is 0 Å². The Morgan fingerprint density at radius 1 is 1.08 bits per heavy atom. The Kier molecular flexibility index (Phi) is 5.91. The normalized spacial score (nSPS) is 10.7. The first kappa shape index (κ1) is 18.4. The van der Waals surface area contributed by atoms with Crippen molar-refractivity contribution in [1.82, 2.24) is 20.1 Å². The lowest BCUT2D eigenvalue weighted by Gasteiger charge is -2.07. The van der Waals surface area contributed by atoms with Crippen molar-refractivity contribution in [3.05, 3.63) is 70.2 Å². The summed E-state index contributed by atoms with van der Waals surface area (Å²) in [5.41, 5.74) is 3.89. The molecule has 0 bridgehead atoms. The van der Waals surface area contributed by atoms with Gasteiger partial charge in [-0.3, -0.25) is 14.5 Å². The summed E-state index contributed by atoms with van der Waals surface area (Å²) in [6.45, 7) is 0.432. The van der Waals surface area contributed by atoms with Gasteiger partial charge in [-0.2, -0.15) is 5.10 Å². The summed E-state index contributed by atoms with van der Waals surface area (Å²) in [4.78, 5) is 16.3. The molecule has 1 N–H and O–H groups in total. The van der Waals surface area contributed by atoms with Crippen molar-refractivity contribution in [3.63, 3.8) is 0 Å². The van der Waals surface area contributed by atoms with Crippen molar-refractivity contribution in [2.75, 3.05) is 0 Å². The van der Waals surface area contributed by atoms with Crippen molar-refractivity contribution in [3.8, 4) is 11.1 Å². The van der Waals surface area contributed by atoms with Crippen molar-refractivity contribution < 1.29 is 4.79 Å². The summed E-state index contributed by atoms with van der Waals surface area (Å²) < 4.78 is 1.74. The average Bonchev–Trinajstić information content (AvgIpc) is 3.08. The fourth-order valence-electron chi connectivity index (χ4n) is 2.55. The lowest BCUT2D eigenvalue weighted by molar-refractivity contribution is -0.121. The first-order valence-corrected chi connectivity index (χ1v) is 8.90. The summed E-state index contributed by atoms with van der Waals surface area (Å²) in [5, 5.41) is 8.10. The number of aromatic nitrogens is 3. The molecule has 0 aliphatic rings. The van der Waals surface area contributed by atoms with Crippen LogP contribution in [-0.4, -0.2) is 20.7 Å². The van der Waals surface area contributed by atoms with E-state index in [-0.39, 0.29) is 5.91 Å². The number of carbonyl (C=O) groups is 1. The van der Waals surface area contributed by atoms with E-state index in [4.69, 9.17) is 23.2 Å². The van der Waals surface area contributed by atoms with E-state index in [0.29, 0.717) is 29.4 Å². The summed E-state index contributed by atoms with van der Waals surface area (Å²) in [6, 6.07) is 7.41. The molecular formula is C19H18Cl2N4O. The molecule has 0 saturated heterocycles. The monoisotopic (exact) mass is 388 g/mol. The van der Waals surface area contributed by atoms with Crippen molar-refractivity contribution >= 4 is 29.1 Å². The Bertz CT molecular complexity index is 923. The highest BCUT2D eigenvalue weighted by atomic mass is 35.5. The van der Waals surface area contributed by atoms with Gasteiger partial charge in [-0.05, 0) is 35.7 Å². The first-order chi connectivity index (χ1) is 12.5. The molecule has 0 saturated carbocycles. The SMILES string of the molecule is Cn1cc(-c2cncc(CNC(=O)CCc3ccc(Cl)c(Cl)c3)c2)cn1. The number of rotatable bonds is 6. The number of benzene rings is 1. The van der Waals surface area contributed by atoms with Crippen LogP contribution in [0.3, 0.4) is 0 Å². The molecular weight excluding hydrogens is 371 g/mol. The van der Waals surface area contributed by atoms with Crippen LogP contribution in [0, 0.1) is 0 Å². The quantitative estimate of drug-likeness (QED) is 0.692. The molecule has 0 unspecified atom stereocenters. The Morgan fingerprint density at radius 2 is 1.92 bits per heavy atom. The molecule has 1 aromatic carbocycles. The number of hydrogen-bond acceptors (Lipinski definition) is 3. The van der Waals surface area contributed by atoms with Gasteiger partial charge in [0.05, 0.1) is 16.2 Å². The van der Waals surface area contributed by atoms with Gasteiger partial charge >= 0.3 is 0 Å². The van der Waals surface area contributed by atoms with Gasteiger partial charge in [-0.25, -0.2) is 0 Å². The molecule has 2 heterocycles. The number of halogens is 2. The maximum absolute atomic E-state index is 12.1. The number of pyridine rings is 1. The number of hydrogen-bond donors (Lipinski definition) is 1. The van der Waals surface area contributed by atoms with Gasteiger partial charge in [0.1, 0.15) is 0 Å². The topological polar surface area (TPSA) is 59.8 Å². The molecule has 3 rings (SSSR count). The standard InChI is InChI=1S/C19H18Cl2N4O/c1-25-12-16(11-24-25)15-6-14(8-22-10-15)9-23-19(26)5-3-13-2-4-17(20)18(21)7-13/h2,4,6-8,10-12H,3,5,9H2,1H3,(H,23,26). The number of nitrogens with one attached hydrogen (secondary N) is 1. The predicted molar refractivity (Wildman–Crippen MR) is 103 cm³/mol. The van der Waals surface area contributed by atoms with Crippen LogP contribution in [0.1, 0.15) is 17.5 Å². The molecule has 0 radical (unpaired) electrons. The maximum atomic E-state index is 12.1. The fourth-order valence-corrected chi connectivity index (χ4v) is 2.88. The molecule has 0 fully saturated rings. The van der Waals surface area contributed by atoms with Gasteiger partial charge in [0.25, 0.3) is 0 Å². The van der Waals surface area contributed by atoms with Crippen LogP contribution in [0.2, 0.25) is 10.0 Å². The van der Waals surface area contributed by atoms with E-state index >= 15 is 0 Å². The van der Waals surface area contributed by atoms with Crippen LogP contribution in [-0.2, 0) is 24.8 Å². The summed E-state index contributed by atoms with van der Waals surface area (Å²) in [6.07, 6.45) is 8.24. The zero-order valence-corrected chi connectivity index (χ0v) is 15.8. The number of aryl methyl sites for hydroxylation is 2. The number of carbonyl (C=O) groups excluding carboxylic acids is 1. The highest BCUT2D eigenvalue weighted by Gasteiger charge is 2.06. The van der Waals surface area contributed by atoms with E-state index < -0.39 is 0 Å². The molecule has 0 spiro atoms. The minimum absolute atomic E-state index is 0.0251. The highest BCUT2D eigenvalue weighted by molar-refractivity contribution is 6.42. The molecule has 26 heavy (non-hydrogen) atoms. The second-order valence-corrected chi connectivity index (χ2v) is 6.82. The second kappa shape index (κ2) is 8.34. The van der Waals surface area contributed by atoms with Crippen molar-refractivity contribution in [2.24, 2.45) is 7.05 Å². The molecule has 134 valence electrons. The lowest BCUT2D eigenvalue weighted by atomic mass is 10.1. The van der Waals surface area contributed by atoms with E-state index in [2.05, 4.69) is 15.4 Å². The molecule has 2 aromatic heterocycles. The predicted octanol–water partition coefficient (Wildman–Crippen LogP) is 4.04. The van der Waals surface area contributed by atoms with Crippen LogP contribution < -0.4 is 5.32 Å². The molecule has 5 nitrogen and oxygen atoms in total. The van der Waals surface area contributed by atoms with Crippen molar-refractivity contribution in [1.29, 1.82) is 0 Å². The average molecular weight is 389 g/mol. The summed E-state index contributed by atoms with van der Waals surface area (Å²) >= 11 is 11.9. The summed E-state index contributed by atoms with van der Waals surface area (Å²) in [5.74, 6) is -0.0251. The zero-order chi connectivity index (χ0) is 18.5. The maximum Gasteiger partial charge on any atom is 0.220 e. The second-order valence-electron chi connectivity index (χ2n) is 6.01. The Morgan fingerprint density at radius 3 is 2.65 bits per heavy atom. The van der Waals surface area contributed by atoms with E-state index in [9.17, 15) is 4.79 Å². The molecule has 0 aliphatic carbocycles. The summed E-state index contributed by atoms with van der Waals surface area (Å²) in [7, 11) is 1.87. The molecule has 3 aromatic rings. The van der Waals surface area contributed by atoms with Crippen LogP contribution in [0.15, 0.2) is 49.1 Å². The Hall–Kier alpha value is -2.37. The van der Waals surface area contributed by atoms with Crippen LogP contribution in [0.5, 0.6) is 0 Å². The fraction of sp³-hybridized carbons (Fsp3) is 0.211. The number of amides is 1. The first-order valence-electron chi connectivity index (χ1n) is 8.15. The molecule has 1 amide bonds. The largest absolute Gasteiger partial charge is 0.352 e. The third-order valence-corrected chi connectivity index (χ3v) is 4.69. The van der Waals surface area contributed by atoms with Crippen LogP contribution in [0.25, 0.3) is 11.1 Å². The molecule has 7 heteroatoms. The van der Waals surface area contributed by atoms with Gasteiger partial charge in [-0.1, -0.05) is 29.3 Å².